The lowest BCUT2D eigenvalue weighted by Gasteiger charge is -2.22. The smallest absolute Gasteiger partial charge is 0.0962 e. The monoisotopic (exact) mass is 266 g/mol. The van der Waals surface area contributed by atoms with Crippen LogP contribution < -0.4 is 5.32 Å². The molecule has 0 atom stereocenters. The molecule has 0 aromatic carbocycles. The Kier molecular flexibility index (Phi) is 4.44. The molecule has 1 fully saturated rings. The summed E-state index contributed by atoms with van der Waals surface area (Å²) in [6.07, 6.45) is 6.42. The maximum Gasteiger partial charge on any atom is 0.0962 e. The Bertz CT molecular complexity index is 386. The largest absolute Gasteiger partial charge is 0.307 e. The average Bonchev–Trinajstić information content (AvgIpc) is 2.55. The van der Waals surface area contributed by atoms with Gasteiger partial charge in [-0.25, -0.2) is 4.98 Å². The van der Waals surface area contributed by atoms with Crippen molar-refractivity contribution in [2.24, 2.45) is 0 Å². The molecule has 1 aromatic rings. The molecular formula is C15H26N2S. The zero-order valence-corrected chi connectivity index (χ0v) is 13.0. The zero-order chi connectivity index (χ0) is 13.2. The zero-order valence-electron chi connectivity index (χ0n) is 12.2. The molecule has 0 amide bonds. The van der Waals surface area contributed by atoms with Crippen LogP contribution in [0.2, 0.25) is 0 Å². The van der Waals surface area contributed by atoms with E-state index in [-0.39, 0.29) is 5.54 Å². The van der Waals surface area contributed by atoms with Gasteiger partial charge in [0.1, 0.15) is 0 Å². The first-order chi connectivity index (χ1) is 8.49. The molecule has 0 spiro atoms. The minimum Gasteiger partial charge on any atom is -0.307 e. The van der Waals surface area contributed by atoms with Gasteiger partial charge in [-0.05, 0) is 40.0 Å². The average molecular weight is 266 g/mol. The molecule has 0 aliphatic heterocycles. The summed E-state index contributed by atoms with van der Waals surface area (Å²) in [5, 5.41) is 4.99. The van der Waals surface area contributed by atoms with Crippen molar-refractivity contribution >= 4 is 11.3 Å². The van der Waals surface area contributed by atoms with Crippen molar-refractivity contribution in [2.75, 3.05) is 0 Å². The van der Waals surface area contributed by atoms with Gasteiger partial charge in [0.05, 0.1) is 10.7 Å². The number of thiazole rings is 1. The van der Waals surface area contributed by atoms with Gasteiger partial charge in [0.2, 0.25) is 0 Å². The second kappa shape index (κ2) is 5.70. The molecule has 1 N–H and O–H groups in total. The molecular weight excluding hydrogens is 240 g/mol. The number of nitrogens with one attached hydrogen (secondary N) is 1. The van der Waals surface area contributed by atoms with Crippen molar-refractivity contribution in [3.05, 3.63) is 15.6 Å². The van der Waals surface area contributed by atoms with Crippen molar-refractivity contribution < 1.29 is 0 Å². The van der Waals surface area contributed by atoms with E-state index in [1.165, 1.54) is 41.3 Å². The van der Waals surface area contributed by atoms with E-state index in [1.54, 1.807) is 0 Å². The third-order valence-corrected chi connectivity index (χ3v) is 4.78. The molecule has 0 bridgehead atoms. The summed E-state index contributed by atoms with van der Waals surface area (Å²) in [5.41, 5.74) is 1.53. The molecule has 102 valence electrons. The summed E-state index contributed by atoms with van der Waals surface area (Å²) >= 11 is 1.95. The van der Waals surface area contributed by atoms with Crippen LogP contribution in [0.3, 0.4) is 0 Å². The molecule has 0 unspecified atom stereocenters. The topological polar surface area (TPSA) is 24.9 Å². The SMILES string of the molecule is CCCc1nc(C2CCC2)sc1CNC(C)(C)C. The lowest BCUT2D eigenvalue weighted by atomic mass is 9.86. The van der Waals surface area contributed by atoms with Crippen LogP contribution in [0.15, 0.2) is 0 Å². The van der Waals surface area contributed by atoms with Gasteiger partial charge in [-0.15, -0.1) is 11.3 Å². The van der Waals surface area contributed by atoms with Crippen LogP contribution in [-0.4, -0.2) is 10.5 Å². The van der Waals surface area contributed by atoms with Crippen LogP contribution in [0.25, 0.3) is 0 Å². The van der Waals surface area contributed by atoms with Gasteiger partial charge < -0.3 is 5.32 Å². The minimum absolute atomic E-state index is 0.185. The Labute approximate surface area is 115 Å². The quantitative estimate of drug-likeness (QED) is 0.861. The second-order valence-corrected chi connectivity index (χ2v) is 7.52. The summed E-state index contributed by atoms with van der Waals surface area (Å²) in [5.74, 6) is 0.772. The van der Waals surface area contributed by atoms with Crippen molar-refractivity contribution in [1.29, 1.82) is 0 Å². The van der Waals surface area contributed by atoms with E-state index in [1.807, 2.05) is 11.3 Å². The molecule has 1 aliphatic rings. The van der Waals surface area contributed by atoms with Gasteiger partial charge in [0.15, 0.2) is 0 Å². The summed E-state index contributed by atoms with van der Waals surface area (Å²) in [6, 6.07) is 0. The Balaban J connectivity index is 2.08. The van der Waals surface area contributed by atoms with Gasteiger partial charge in [-0.1, -0.05) is 19.8 Å². The van der Waals surface area contributed by atoms with Gasteiger partial charge >= 0.3 is 0 Å². The third-order valence-electron chi connectivity index (χ3n) is 3.52. The van der Waals surface area contributed by atoms with Crippen LogP contribution in [0.5, 0.6) is 0 Å². The molecule has 18 heavy (non-hydrogen) atoms. The highest BCUT2D eigenvalue weighted by atomic mass is 32.1. The van der Waals surface area contributed by atoms with Crippen molar-refractivity contribution in [2.45, 2.75) is 77.8 Å². The summed E-state index contributed by atoms with van der Waals surface area (Å²) in [7, 11) is 0. The highest BCUT2D eigenvalue weighted by molar-refractivity contribution is 7.11. The first kappa shape index (κ1) is 14.0. The molecule has 1 heterocycles. The van der Waals surface area contributed by atoms with E-state index >= 15 is 0 Å². The van der Waals surface area contributed by atoms with Gasteiger partial charge in [-0.2, -0.15) is 0 Å². The first-order valence-electron chi connectivity index (χ1n) is 7.23. The van der Waals surface area contributed by atoms with E-state index in [9.17, 15) is 0 Å². The van der Waals surface area contributed by atoms with Crippen LogP contribution in [0, 0.1) is 0 Å². The number of aromatic nitrogens is 1. The first-order valence-corrected chi connectivity index (χ1v) is 8.04. The van der Waals surface area contributed by atoms with E-state index < -0.39 is 0 Å². The van der Waals surface area contributed by atoms with Gasteiger partial charge in [-0.3, -0.25) is 0 Å². The Hall–Kier alpha value is -0.410. The van der Waals surface area contributed by atoms with Gasteiger partial charge in [0.25, 0.3) is 0 Å². The Morgan fingerprint density at radius 1 is 1.33 bits per heavy atom. The fraction of sp³-hybridized carbons (Fsp3) is 0.800. The molecule has 0 radical (unpaired) electrons. The number of hydrogen-bond donors (Lipinski definition) is 1. The molecule has 1 saturated carbocycles. The Morgan fingerprint density at radius 2 is 2.06 bits per heavy atom. The van der Waals surface area contributed by atoms with Crippen LogP contribution in [0.4, 0.5) is 0 Å². The summed E-state index contributed by atoms with van der Waals surface area (Å²) < 4.78 is 0. The standard InChI is InChI=1S/C15H26N2S/c1-5-7-12-13(10-16-15(2,3)4)18-14(17-12)11-8-6-9-11/h11,16H,5-10H2,1-4H3. The minimum atomic E-state index is 0.185. The Morgan fingerprint density at radius 3 is 2.56 bits per heavy atom. The molecule has 0 saturated heterocycles. The van der Waals surface area contributed by atoms with E-state index in [2.05, 4.69) is 33.0 Å². The lowest BCUT2D eigenvalue weighted by Crippen LogP contribution is -2.35. The molecule has 2 nitrogen and oxygen atoms in total. The highest BCUT2D eigenvalue weighted by Crippen LogP contribution is 2.39. The predicted octanol–water partition coefficient (Wildman–Crippen LogP) is 4.25. The van der Waals surface area contributed by atoms with E-state index in [0.29, 0.717) is 0 Å². The second-order valence-electron chi connectivity index (χ2n) is 6.40. The number of aryl methyl sites for hydroxylation is 1. The van der Waals surface area contributed by atoms with E-state index in [0.717, 1.165) is 18.9 Å². The molecule has 1 aromatic heterocycles. The fourth-order valence-electron chi connectivity index (χ4n) is 2.15. The van der Waals surface area contributed by atoms with E-state index in [4.69, 9.17) is 4.98 Å². The maximum absolute atomic E-state index is 4.90. The fourth-order valence-corrected chi connectivity index (χ4v) is 3.37. The molecule has 3 heteroatoms. The lowest BCUT2D eigenvalue weighted by molar-refractivity contribution is 0.417. The normalized spacial score (nSPS) is 16.9. The maximum atomic E-state index is 4.90. The predicted molar refractivity (Wildman–Crippen MR) is 79.3 cm³/mol. The highest BCUT2D eigenvalue weighted by Gasteiger charge is 2.24. The van der Waals surface area contributed by atoms with Crippen LogP contribution in [-0.2, 0) is 13.0 Å². The van der Waals surface area contributed by atoms with Gasteiger partial charge in [0, 0.05) is 22.9 Å². The number of hydrogen-bond acceptors (Lipinski definition) is 3. The number of rotatable bonds is 5. The molecule has 1 aliphatic carbocycles. The third kappa shape index (κ3) is 3.55. The van der Waals surface area contributed by atoms with Crippen molar-refractivity contribution in [3.8, 4) is 0 Å². The van der Waals surface area contributed by atoms with Crippen molar-refractivity contribution in [1.82, 2.24) is 10.3 Å². The summed E-state index contributed by atoms with van der Waals surface area (Å²) in [4.78, 5) is 6.37. The summed E-state index contributed by atoms with van der Waals surface area (Å²) in [6.45, 7) is 9.88. The van der Waals surface area contributed by atoms with Crippen molar-refractivity contribution in [3.63, 3.8) is 0 Å². The molecule has 2 rings (SSSR count). The number of nitrogens with zero attached hydrogens (tertiary/aromatic N) is 1. The van der Waals surface area contributed by atoms with Crippen LogP contribution >= 0.6 is 11.3 Å². The van der Waals surface area contributed by atoms with Crippen LogP contribution in [0.1, 0.15) is 74.9 Å².